The van der Waals surface area contributed by atoms with Crippen LogP contribution in [0.2, 0.25) is 0 Å². The summed E-state index contributed by atoms with van der Waals surface area (Å²) in [5, 5.41) is 8.30. The van der Waals surface area contributed by atoms with Gasteiger partial charge in [-0.05, 0) is 49.7 Å². The number of hydrogen-bond donors (Lipinski definition) is 0. The van der Waals surface area contributed by atoms with Gasteiger partial charge in [0, 0.05) is 19.1 Å². The number of carbonyl (C=O) groups excluding carboxylic acids is 2. The molecule has 6 rings (SSSR count). The summed E-state index contributed by atoms with van der Waals surface area (Å²) in [5.41, 5.74) is 1.60. The fraction of sp³-hybridized carbons (Fsp3) is 0.500. The lowest BCUT2D eigenvalue weighted by Crippen LogP contribution is -2.60. The number of benzene rings is 1. The first-order valence-corrected chi connectivity index (χ1v) is 9.75. The number of fused-ring (bicyclic) bond motifs is 2. The Bertz CT molecular complexity index is 856. The Morgan fingerprint density at radius 1 is 1.00 bits per heavy atom. The molecule has 4 fully saturated rings. The largest absolute Gasteiger partial charge is 0.329 e. The molecular weight excluding hydrogens is 342 g/mol. The highest BCUT2D eigenvalue weighted by Crippen LogP contribution is 2.47. The molecule has 7 heteroatoms. The number of aromatic nitrogens is 3. The first-order chi connectivity index (χ1) is 13.2. The van der Waals surface area contributed by atoms with Crippen molar-refractivity contribution >= 4 is 11.8 Å². The van der Waals surface area contributed by atoms with Gasteiger partial charge in [0.1, 0.15) is 5.69 Å². The SMILES string of the molecule is O=C1C(=O)N([C@@H]2CCC3CC2C3)CCN1Cc1cn(-c2ccccc2)nn1. The predicted molar refractivity (Wildman–Crippen MR) is 97.7 cm³/mol. The van der Waals surface area contributed by atoms with Crippen LogP contribution >= 0.6 is 0 Å². The molecule has 3 saturated carbocycles. The van der Waals surface area contributed by atoms with Gasteiger partial charge in [-0.3, -0.25) is 9.59 Å². The van der Waals surface area contributed by atoms with Crippen LogP contribution in [0.4, 0.5) is 0 Å². The maximum atomic E-state index is 12.7. The molecule has 1 aromatic carbocycles. The first-order valence-electron chi connectivity index (χ1n) is 9.75. The van der Waals surface area contributed by atoms with E-state index in [1.165, 1.54) is 19.3 Å². The van der Waals surface area contributed by atoms with Crippen molar-refractivity contribution in [1.82, 2.24) is 24.8 Å². The molecule has 3 aliphatic carbocycles. The zero-order valence-corrected chi connectivity index (χ0v) is 15.2. The van der Waals surface area contributed by atoms with E-state index >= 15 is 0 Å². The second-order valence-electron chi connectivity index (χ2n) is 7.96. The third-order valence-corrected chi connectivity index (χ3v) is 6.34. The number of para-hydroxylation sites is 1. The van der Waals surface area contributed by atoms with Crippen LogP contribution < -0.4 is 0 Å². The van der Waals surface area contributed by atoms with E-state index in [4.69, 9.17) is 0 Å². The maximum absolute atomic E-state index is 12.7. The molecule has 0 spiro atoms. The van der Waals surface area contributed by atoms with Crippen molar-refractivity contribution in [3.63, 3.8) is 0 Å². The van der Waals surface area contributed by atoms with E-state index in [0.29, 0.717) is 31.2 Å². The molecule has 27 heavy (non-hydrogen) atoms. The minimum absolute atomic E-state index is 0.271. The molecule has 2 amide bonds. The van der Waals surface area contributed by atoms with E-state index in [1.807, 2.05) is 41.4 Å². The molecule has 7 nitrogen and oxygen atoms in total. The van der Waals surface area contributed by atoms with Crippen LogP contribution in [0, 0.1) is 11.8 Å². The van der Waals surface area contributed by atoms with Crippen molar-refractivity contribution in [3.05, 3.63) is 42.2 Å². The summed E-state index contributed by atoms with van der Waals surface area (Å²) in [6.45, 7) is 1.51. The Hall–Kier alpha value is -2.70. The third kappa shape index (κ3) is 2.91. The number of piperazine rings is 1. The lowest BCUT2D eigenvalue weighted by atomic mass is 9.62. The van der Waals surface area contributed by atoms with Crippen LogP contribution in [0.25, 0.3) is 5.69 Å². The molecule has 140 valence electrons. The topological polar surface area (TPSA) is 71.3 Å². The number of nitrogens with zero attached hydrogens (tertiary/aromatic N) is 5. The van der Waals surface area contributed by atoms with Gasteiger partial charge >= 0.3 is 11.8 Å². The summed E-state index contributed by atoms with van der Waals surface area (Å²) in [7, 11) is 0. The molecule has 4 aliphatic rings. The second-order valence-corrected chi connectivity index (χ2v) is 7.96. The van der Waals surface area contributed by atoms with E-state index in [2.05, 4.69) is 10.3 Å². The number of carbonyl (C=O) groups is 2. The van der Waals surface area contributed by atoms with Gasteiger partial charge in [-0.2, -0.15) is 0 Å². The number of hydrogen-bond acceptors (Lipinski definition) is 4. The van der Waals surface area contributed by atoms with Gasteiger partial charge in [0.25, 0.3) is 0 Å². The Morgan fingerprint density at radius 3 is 2.56 bits per heavy atom. The molecule has 0 N–H and O–H groups in total. The third-order valence-electron chi connectivity index (χ3n) is 6.34. The normalized spacial score (nSPS) is 27.6. The molecule has 1 aliphatic heterocycles. The summed E-state index contributed by atoms with van der Waals surface area (Å²) in [6.07, 6.45) is 6.53. The lowest BCUT2D eigenvalue weighted by molar-refractivity contribution is -0.161. The van der Waals surface area contributed by atoms with Gasteiger partial charge in [0.05, 0.1) is 18.4 Å². The van der Waals surface area contributed by atoms with Gasteiger partial charge in [-0.25, -0.2) is 4.68 Å². The molecule has 0 unspecified atom stereocenters. The quantitative estimate of drug-likeness (QED) is 0.772. The summed E-state index contributed by atoms with van der Waals surface area (Å²) < 4.78 is 1.69. The average Bonchev–Trinajstić information content (AvgIpc) is 3.14. The zero-order chi connectivity index (χ0) is 18.4. The predicted octanol–water partition coefficient (Wildman–Crippen LogP) is 1.63. The van der Waals surface area contributed by atoms with Crippen LogP contribution in [0.15, 0.2) is 36.5 Å². The number of rotatable bonds is 4. The lowest BCUT2D eigenvalue weighted by Gasteiger charge is -2.51. The fourth-order valence-corrected chi connectivity index (χ4v) is 4.82. The first kappa shape index (κ1) is 16.5. The Balaban J connectivity index is 1.25. The summed E-state index contributed by atoms with van der Waals surface area (Å²) in [4.78, 5) is 28.8. The van der Waals surface area contributed by atoms with Gasteiger partial charge < -0.3 is 9.80 Å². The van der Waals surface area contributed by atoms with E-state index < -0.39 is 5.91 Å². The molecule has 1 atom stereocenters. The highest BCUT2D eigenvalue weighted by molar-refractivity contribution is 6.35. The highest BCUT2D eigenvalue weighted by Gasteiger charge is 2.46. The van der Waals surface area contributed by atoms with Gasteiger partial charge in [-0.15, -0.1) is 5.10 Å². The standard InChI is InChI=1S/C20H23N5O2/c26-19-20(27)24(18-7-6-14-10-15(18)11-14)9-8-23(19)12-16-13-25(22-21-16)17-4-2-1-3-5-17/h1-5,13-15,18H,6-12H2/t14?,15?,18-/m1/s1. The minimum atomic E-state index is -0.406. The zero-order valence-electron chi connectivity index (χ0n) is 15.2. The van der Waals surface area contributed by atoms with Crippen LogP contribution in [0.1, 0.15) is 31.4 Å². The Labute approximate surface area is 157 Å². The van der Waals surface area contributed by atoms with Crippen LogP contribution in [-0.2, 0) is 16.1 Å². The van der Waals surface area contributed by atoms with E-state index in [0.717, 1.165) is 18.0 Å². The molecule has 2 aromatic rings. The number of amides is 2. The Kier molecular flexibility index (Phi) is 3.95. The van der Waals surface area contributed by atoms with Crippen LogP contribution in [0.3, 0.4) is 0 Å². The second kappa shape index (κ2) is 6.48. The van der Waals surface area contributed by atoms with Gasteiger partial charge in [0.15, 0.2) is 0 Å². The summed E-state index contributed by atoms with van der Waals surface area (Å²) in [6, 6.07) is 9.98. The van der Waals surface area contributed by atoms with Gasteiger partial charge in [0.2, 0.25) is 0 Å². The van der Waals surface area contributed by atoms with Crippen molar-refractivity contribution in [3.8, 4) is 5.69 Å². The van der Waals surface area contributed by atoms with Gasteiger partial charge in [-0.1, -0.05) is 23.4 Å². The Morgan fingerprint density at radius 2 is 1.81 bits per heavy atom. The average molecular weight is 365 g/mol. The maximum Gasteiger partial charge on any atom is 0.312 e. The van der Waals surface area contributed by atoms with Crippen molar-refractivity contribution in [2.75, 3.05) is 13.1 Å². The van der Waals surface area contributed by atoms with Crippen LogP contribution in [-0.4, -0.2) is 55.7 Å². The van der Waals surface area contributed by atoms with Crippen molar-refractivity contribution in [2.24, 2.45) is 11.8 Å². The molecule has 1 aromatic heterocycles. The summed E-state index contributed by atoms with van der Waals surface area (Å²) in [5.74, 6) is 0.729. The molecule has 2 heterocycles. The molecule has 1 saturated heterocycles. The van der Waals surface area contributed by atoms with Crippen molar-refractivity contribution in [2.45, 2.75) is 38.3 Å². The molecule has 2 bridgehead atoms. The van der Waals surface area contributed by atoms with E-state index in [-0.39, 0.29) is 11.9 Å². The van der Waals surface area contributed by atoms with Crippen molar-refractivity contribution < 1.29 is 9.59 Å². The summed E-state index contributed by atoms with van der Waals surface area (Å²) >= 11 is 0. The minimum Gasteiger partial charge on any atom is -0.329 e. The molecular formula is C20H23N5O2. The highest BCUT2D eigenvalue weighted by atomic mass is 16.2. The van der Waals surface area contributed by atoms with E-state index in [1.54, 1.807) is 9.58 Å². The van der Waals surface area contributed by atoms with Crippen LogP contribution in [0.5, 0.6) is 0 Å². The smallest absolute Gasteiger partial charge is 0.312 e. The van der Waals surface area contributed by atoms with E-state index in [9.17, 15) is 9.59 Å². The van der Waals surface area contributed by atoms with Crippen molar-refractivity contribution in [1.29, 1.82) is 0 Å². The monoisotopic (exact) mass is 365 g/mol. The molecule has 0 radical (unpaired) electrons. The fourth-order valence-electron chi connectivity index (χ4n) is 4.82.